The number of halogens is 1. The second kappa shape index (κ2) is 10.3. The first-order chi connectivity index (χ1) is 14.1. The first kappa shape index (κ1) is 23.5. The van der Waals surface area contributed by atoms with Crippen LogP contribution < -0.4 is 20.7 Å². The molecular formula is C19H21BrN4O5S. The number of benzene rings is 2. The summed E-state index contributed by atoms with van der Waals surface area (Å²) in [5.41, 5.74) is 1.01. The molecule has 11 heteroatoms. The lowest BCUT2D eigenvalue weighted by Gasteiger charge is -2.15. The molecule has 0 heterocycles. The molecule has 2 aromatic rings. The Balaban J connectivity index is 1.88. The van der Waals surface area contributed by atoms with E-state index in [1.165, 1.54) is 38.1 Å². The molecule has 0 spiro atoms. The molecule has 9 nitrogen and oxygen atoms in total. The van der Waals surface area contributed by atoms with Crippen molar-refractivity contribution in [3.05, 3.63) is 53.0 Å². The summed E-state index contributed by atoms with van der Waals surface area (Å²) in [4.78, 5) is 35.0. The zero-order valence-electron chi connectivity index (χ0n) is 16.2. The molecule has 0 radical (unpaired) electrons. The van der Waals surface area contributed by atoms with Crippen molar-refractivity contribution in [3.8, 4) is 0 Å². The van der Waals surface area contributed by atoms with Crippen LogP contribution in [0.1, 0.15) is 13.8 Å². The van der Waals surface area contributed by atoms with E-state index >= 15 is 0 Å². The normalized spacial score (nSPS) is 12.0. The standard InChI is InChI=1S/C19H21BrN4O5S/c1-12(19(27)21-11-18(26)23-16-5-3-14(20)4-6-16)24-30(28,29)17-9-7-15(8-10-17)22-13(2)25/h3-10,12,24H,11H2,1-2H3,(H,21,27)(H,22,25)(H,23,26)/t12-/m0/s1. The summed E-state index contributed by atoms with van der Waals surface area (Å²) in [6.07, 6.45) is 0. The van der Waals surface area contributed by atoms with Gasteiger partial charge in [-0.15, -0.1) is 0 Å². The Kier molecular flexibility index (Phi) is 8.09. The Morgan fingerprint density at radius 2 is 1.47 bits per heavy atom. The molecule has 0 aliphatic carbocycles. The maximum Gasteiger partial charge on any atom is 0.243 e. The summed E-state index contributed by atoms with van der Waals surface area (Å²) in [5, 5.41) is 7.53. The molecule has 0 aliphatic heterocycles. The number of carbonyl (C=O) groups is 3. The summed E-state index contributed by atoms with van der Waals surface area (Å²) < 4.78 is 28.0. The Bertz CT molecular complexity index is 1020. The quantitative estimate of drug-likeness (QED) is 0.442. The number of hydrogen-bond acceptors (Lipinski definition) is 5. The molecule has 2 aromatic carbocycles. The van der Waals surface area contributed by atoms with Crippen LogP contribution in [0.15, 0.2) is 57.9 Å². The Morgan fingerprint density at radius 1 is 0.933 bits per heavy atom. The molecule has 0 unspecified atom stereocenters. The van der Waals surface area contributed by atoms with Crippen LogP contribution in [0, 0.1) is 0 Å². The minimum atomic E-state index is -3.97. The highest BCUT2D eigenvalue weighted by Crippen LogP contribution is 2.15. The van der Waals surface area contributed by atoms with E-state index in [0.29, 0.717) is 11.4 Å². The molecular weight excluding hydrogens is 476 g/mol. The third-order valence-corrected chi connectivity index (χ3v) is 5.85. The van der Waals surface area contributed by atoms with Gasteiger partial charge in [0.25, 0.3) is 0 Å². The van der Waals surface area contributed by atoms with Crippen LogP contribution in [-0.2, 0) is 24.4 Å². The van der Waals surface area contributed by atoms with Crippen molar-refractivity contribution in [2.45, 2.75) is 24.8 Å². The molecule has 2 rings (SSSR count). The fourth-order valence-electron chi connectivity index (χ4n) is 2.33. The van der Waals surface area contributed by atoms with Crippen LogP contribution in [0.4, 0.5) is 11.4 Å². The summed E-state index contributed by atoms with van der Waals surface area (Å²) >= 11 is 3.29. The lowest BCUT2D eigenvalue weighted by Crippen LogP contribution is -2.46. The molecule has 160 valence electrons. The molecule has 0 saturated carbocycles. The van der Waals surface area contributed by atoms with Crippen molar-refractivity contribution in [2.75, 3.05) is 17.2 Å². The predicted octanol–water partition coefficient (Wildman–Crippen LogP) is 1.83. The third-order valence-electron chi connectivity index (χ3n) is 3.76. The van der Waals surface area contributed by atoms with Crippen molar-refractivity contribution >= 4 is 55.0 Å². The molecule has 0 saturated heterocycles. The van der Waals surface area contributed by atoms with Crippen molar-refractivity contribution in [3.63, 3.8) is 0 Å². The van der Waals surface area contributed by atoms with Crippen molar-refractivity contribution in [2.24, 2.45) is 0 Å². The summed E-state index contributed by atoms with van der Waals surface area (Å²) in [6.45, 7) is 2.39. The van der Waals surface area contributed by atoms with Crippen LogP contribution in [-0.4, -0.2) is 38.7 Å². The lowest BCUT2D eigenvalue weighted by molar-refractivity contribution is -0.125. The van der Waals surface area contributed by atoms with E-state index in [4.69, 9.17) is 0 Å². The minimum absolute atomic E-state index is 0.0655. The van der Waals surface area contributed by atoms with Gasteiger partial charge in [-0.25, -0.2) is 8.42 Å². The maximum absolute atomic E-state index is 12.4. The van der Waals surface area contributed by atoms with Gasteiger partial charge in [-0.1, -0.05) is 15.9 Å². The van der Waals surface area contributed by atoms with E-state index < -0.39 is 27.9 Å². The number of rotatable bonds is 8. The van der Waals surface area contributed by atoms with Gasteiger partial charge in [0, 0.05) is 22.8 Å². The Morgan fingerprint density at radius 3 is 2.03 bits per heavy atom. The van der Waals surface area contributed by atoms with Crippen LogP contribution in [0.2, 0.25) is 0 Å². The Labute approximate surface area is 182 Å². The topological polar surface area (TPSA) is 133 Å². The average molecular weight is 497 g/mol. The molecule has 30 heavy (non-hydrogen) atoms. The fraction of sp³-hybridized carbons (Fsp3) is 0.211. The first-order valence-corrected chi connectivity index (χ1v) is 11.1. The summed E-state index contributed by atoms with van der Waals surface area (Å²) in [6, 6.07) is 11.3. The fourth-order valence-corrected chi connectivity index (χ4v) is 3.80. The highest BCUT2D eigenvalue weighted by Gasteiger charge is 2.22. The van der Waals surface area contributed by atoms with Gasteiger partial charge in [0.15, 0.2) is 0 Å². The monoisotopic (exact) mass is 496 g/mol. The van der Waals surface area contributed by atoms with E-state index in [9.17, 15) is 22.8 Å². The van der Waals surface area contributed by atoms with Gasteiger partial charge in [0.05, 0.1) is 17.5 Å². The predicted molar refractivity (Wildman–Crippen MR) is 116 cm³/mol. The molecule has 0 aliphatic rings. The van der Waals surface area contributed by atoms with E-state index in [1.54, 1.807) is 24.3 Å². The molecule has 1 atom stereocenters. The number of amides is 3. The number of carbonyl (C=O) groups excluding carboxylic acids is 3. The highest BCUT2D eigenvalue weighted by atomic mass is 79.9. The number of sulfonamides is 1. The summed E-state index contributed by atoms with van der Waals surface area (Å²) in [7, 11) is -3.97. The van der Waals surface area contributed by atoms with E-state index in [2.05, 4.69) is 36.6 Å². The summed E-state index contributed by atoms with van der Waals surface area (Å²) in [5.74, 6) is -1.38. The maximum atomic E-state index is 12.4. The number of anilines is 2. The van der Waals surface area contributed by atoms with Gasteiger partial charge >= 0.3 is 0 Å². The first-order valence-electron chi connectivity index (χ1n) is 8.80. The second-order valence-electron chi connectivity index (χ2n) is 6.32. The highest BCUT2D eigenvalue weighted by molar-refractivity contribution is 9.10. The van der Waals surface area contributed by atoms with Gasteiger partial charge in [-0.2, -0.15) is 4.72 Å². The molecule has 0 bridgehead atoms. The zero-order valence-corrected chi connectivity index (χ0v) is 18.6. The number of hydrogen-bond donors (Lipinski definition) is 4. The minimum Gasteiger partial charge on any atom is -0.346 e. The lowest BCUT2D eigenvalue weighted by atomic mass is 10.3. The van der Waals surface area contributed by atoms with Gasteiger partial charge in [0.2, 0.25) is 27.7 Å². The van der Waals surface area contributed by atoms with Crippen LogP contribution in [0.25, 0.3) is 0 Å². The average Bonchev–Trinajstić information content (AvgIpc) is 2.67. The second-order valence-corrected chi connectivity index (χ2v) is 8.95. The van der Waals surface area contributed by atoms with Crippen molar-refractivity contribution in [1.29, 1.82) is 0 Å². The number of nitrogens with one attached hydrogen (secondary N) is 4. The SMILES string of the molecule is CC(=O)Nc1ccc(S(=O)(=O)N[C@@H](C)C(=O)NCC(=O)Nc2ccc(Br)cc2)cc1. The van der Waals surface area contributed by atoms with E-state index in [1.807, 2.05) is 0 Å². The van der Waals surface area contributed by atoms with E-state index in [0.717, 1.165) is 4.47 Å². The smallest absolute Gasteiger partial charge is 0.243 e. The van der Waals surface area contributed by atoms with Crippen molar-refractivity contribution < 1.29 is 22.8 Å². The largest absolute Gasteiger partial charge is 0.346 e. The third kappa shape index (κ3) is 7.25. The van der Waals surface area contributed by atoms with Crippen LogP contribution in [0.5, 0.6) is 0 Å². The Hall–Kier alpha value is -2.76. The molecule has 0 fully saturated rings. The molecule has 0 aromatic heterocycles. The van der Waals surface area contributed by atoms with Gasteiger partial charge < -0.3 is 16.0 Å². The van der Waals surface area contributed by atoms with Gasteiger partial charge in [-0.05, 0) is 55.5 Å². The zero-order chi connectivity index (χ0) is 22.3. The van der Waals surface area contributed by atoms with Gasteiger partial charge in [0.1, 0.15) is 0 Å². The molecule has 3 amide bonds. The van der Waals surface area contributed by atoms with Gasteiger partial charge in [-0.3, -0.25) is 14.4 Å². The van der Waals surface area contributed by atoms with Crippen LogP contribution in [0.3, 0.4) is 0 Å². The van der Waals surface area contributed by atoms with Crippen molar-refractivity contribution in [1.82, 2.24) is 10.0 Å². The molecule has 4 N–H and O–H groups in total. The van der Waals surface area contributed by atoms with E-state index in [-0.39, 0.29) is 17.3 Å². The van der Waals surface area contributed by atoms with Crippen LogP contribution >= 0.6 is 15.9 Å².